The van der Waals surface area contributed by atoms with E-state index in [1.54, 1.807) is 0 Å². The first-order valence-corrected chi connectivity index (χ1v) is 17.4. The molecule has 0 amide bonds. The van der Waals surface area contributed by atoms with Crippen LogP contribution in [-0.4, -0.2) is 9.13 Å². The van der Waals surface area contributed by atoms with E-state index in [0.717, 1.165) is 33.4 Å². The second-order valence-corrected chi connectivity index (χ2v) is 14.2. The monoisotopic (exact) mass is 630 g/mol. The molecule has 2 aromatic heterocycles. The molecule has 0 atom stereocenters. The molecule has 48 heavy (non-hydrogen) atoms. The summed E-state index contributed by atoms with van der Waals surface area (Å²) in [5, 5.41) is 0. The summed E-state index contributed by atoms with van der Waals surface area (Å²) in [6.07, 6.45) is 7.62. The number of para-hydroxylation sites is 6. The smallest absolute Gasteiger partial charge is 0.269 e. The molecule has 0 unspecified atom stereocenters. The molecule has 242 valence electrons. The van der Waals surface area contributed by atoms with Gasteiger partial charge in [-0.3, -0.25) is 18.3 Å². The van der Waals surface area contributed by atoms with Crippen molar-refractivity contribution in [3.8, 4) is 22.7 Å². The molecule has 7 aromatic rings. The largest absolute Gasteiger partial charge is 0.292 e. The Balaban J connectivity index is 1.44. The highest BCUT2D eigenvalue weighted by Crippen LogP contribution is 2.32. The second-order valence-electron chi connectivity index (χ2n) is 14.2. The average Bonchev–Trinajstić information content (AvgIpc) is 3.67. The lowest BCUT2D eigenvalue weighted by atomic mass is 9.92. The number of rotatable bonds is 8. The van der Waals surface area contributed by atoms with Gasteiger partial charge in [0, 0.05) is 0 Å². The fourth-order valence-corrected chi connectivity index (χ4v) is 7.15. The van der Waals surface area contributed by atoms with Crippen molar-refractivity contribution in [2.75, 3.05) is 0 Å². The van der Waals surface area contributed by atoms with Gasteiger partial charge in [-0.1, -0.05) is 159 Å². The third-order valence-corrected chi connectivity index (χ3v) is 9.61. The Morgan fingerprint density at radius 3 is 1.10 bits per heavy atom. The van der Waals surface area contributed by atoms with Gasteiger partial charge in [0.05, 0.1) is 44.8 Å². The Hall–Kier alpha value is -4.96. The van der Waals surface area contributed by atoms with Gasteiger partial charge in [0.25, 0.3) is 12.7 Å². The van der Waals surface area contributed by atoms with E-state index in [1.807, 2.05) is 0 Å². The normalized spacial score (nSPS) is 12.1. The predicted octanol–water partition coefficient (Wildman–Crippen LogP) is 10.2. The van der Waals surface area contributed by atoms with Crippen LogP contribution in [0.5, 0.6) is 0 Å². The Kier molecular flexibility index (Phi) is 8.29. The minimum absolute atomic E-state index is 0.381. The number of aromatic nitrogens is 4. The van der Waals surface area contributed by atoms with E-state index in [1.165, 1.54) is 33.6 Å². The zero-order chi connectivity index (χ0) is 33.7. The Morgan fingerprint density at radius 2 is 0.750 bits per heavy atom. The molecular weight excluding hydrogens is 585 g/mol. The molecule has 0 fully saturated rings. The molecule has 0 aliphatic rings. The van der Waals surface area contributed by atoms with Gasteiger partial charge in [-0.25, -0.2) is 0 Å². The third kappa shape index (κ3) is 5.34. The molecule has 0 bridgehead atoms. The van der Waals surface area contributed by atoms with Crippen LogP contribution in [0, 0.1) is 12.7 Å². The molecule has 7 rings (SSSR count). The topological polar surface area (TPSA) is 17.6 Å². The number of hydrogen-bond donors (Lipinski definition) is 0. The molecule has 0 aliphatic carbocycles. The van der Waals surface area contributed by atoms with Crippen LogP contribution in [0.2, 0.25) is 0 Å². The van der Waals surface area contributed by atoms with E-state index >= 15 is 0 Å². The molecule has 0 saturated heterocycles. The minimum Gasteiger partial charge on any atom is -0.292 e. The molecule has 0 N–H and O–H groups in total. The summed E-state index contributed by atoms with van der Waals surface area (Å²) in [4.78, 5) is 0. The molecule has 2 heterocycles. The average molecular weight is 631 g/mol. The van der Waals surface area contributed by atoms with E-state index < -0.39 is 0 Å². The van der Waals surface area contributed by atoms with Crippen LogP contribution in [0.25, 0.3) is 44.8 Å². The van der Waals surface area contributed by atoms with Crippen molar-refractivity contribution in [3.05, 3.63) is 144 Å². The second kappa shape index (κ2) is 12.6. The van der Waals surface area contributed by atoms with Gasteiger partial charge in [0.2, 0.25) is 0 Å². The fraction of sp³-hybridized carbons (Fsp3) is 0.273. The van der Waals surface area contributed by atoms with Crippen molar-refractivity contribution in [2.24, 2.45) is 0 Å². The third-order valence-electron chi connectivity index (χ3n) is 9.61. The Morgan fingerprint density at radius 1 is 0.417 bits per heavy atom. The molecule has 0 saturated carbocycles. The lowest BCUT2D eigenvalue weighted by Gasteiger charge is -2.20. The van der Waals surface area contributed by atoms with Crippen LogP contribution < -0.4 is 9.13 Å². The van der Waals surface area contributed by atoms with Gasteiger partial charge in [0.1, 0.15) is 0 Å². The molecule has 4 nitrogen and oxygen atoms in total. The lowest BCUT2D eigenvalue weighted by Crippen LogP contribution is -2.33. The van der Waals surface area contributed by atoms with Crippen molar-refractivity contribution >= 4 is 22.1 Å². The zero-order valence-electron chi connectivity index (χ0n) is 29.5. The highest BCUT2D eigenvalue weighted by molar-refractivity contribution is 5.77. The molecule has 0 spiro atoms. The van der Waals surface area contributed by atoms with E-state index in [-0.39, 0.29) is 0 Å². The van der Waals surface area contributed by atoms with Crippen LogP contribution in [0.15, 0.2) is 109 Å². The molecule has 5 aromatic carbocycles. The summed E-state index contributed by atoms with van der Waals surface area (Å²) in [6.45, 7) is 18.2. The van der Waals surface area contributed by atoms with Crippen molar-refractivity contribution in [1.82, 2.24) is 9.13 Å². The zero-order valence-corrected chi connectivity index (χ0v) is 29.5. The fourth-order valence-electron chi connectivity index (χ4n) is 7.15. The maximum atomic E-state index is 3.81. The highest BCUT2D eigenvalue weighted by Gasteiger charge is 2.22. The van der Waals surface area contributed by atoms with Crippen molar-refractivity contribution in [2.45, 2.75) is 79.1 Å². The number of fused-ring (bicyclic) bond motifs is 2. The summed E-state index contributed by atoms with van der Waals surface area (Å²) < 4.78 is 9.00. The highest BCUT2D eigenvalue weighted by atomic mass is 15.2. The number of nitrogens with zero attached hydrogens (tertiary/aromatic N) is 4. The first-order valence-electron chi connectivity index (χ1n) is 17.4. The number of benzene rings is 5. The SMILES string of the molecule is CC(C)c1cccc(C(C)C)c1-[n+]1[c-]n(-c2cccc(-n3[c-][n+](-c4c(C(C)C)cccc4C(C)C)c4ccccc43)c2)c2ccccc21. The molecule has 0 aliphatic heterocycles. The summed E-state index contributed by atoms with van der Waals surface area (Å²) in [6, 6.07) is 39.5. The summed E-state index contributed by atoms with van der Waals surface area (Å²) in [5.41, 5.74) is 14.4. The van der Waals surface area contributed by atoms with Crippen molar-refractivity contribution < 1.29 is 9.13 Å². The summed E-state index contributed by atoms with van der Waals surface area (Å²) in [5.74, 6) is 1.52. The number of hydrogen-bond acceptors (Lipinski definition) is 0. The van der Waals surface area contributed by atoms with E-state index in [9.17, 15) is 0 Å². The van der Waals surface area contributed by atoms with Crippen molar-refractivity contribution in [3.63, 3.8) is 0 Å². The van der Waals surface area contributed by atoms with Crippen LogP contribution >= 0.6 is 0 Å². The van der Waals surface area contributed by atoms with Crippen molar-refractivity contribution in [1.29, 1.82) is 0 Å². The van der Waals surface area contributed by atoms with Gasteiger partial charge < -0.3 is 0 Å². The van der Waals surface area contributed by atoms with E-state index in [0.29, 0.717) is 23.7 Å². The Bertz CT molecular complexity index is 2050. The van der Waals surface area contributed by atoms with Gasteiger partial charge in [0.15, 0.2) is 0 Å². The maximum Gasteiger partial charge on any atom is 0.269 e. The summed E-state index contributed by atoms with van der Waals surface area (Å²) in [7, 11) is 0. The maximum absolute atomic E-state index is 3.81. The van der Waals surface area contributed by atoms with E-state index in [2.05, 4.69) is 196 Å². The lowest BCUT2D eigenvalue weighted by molar-refractivity contribution is -0.574. The standard InChI is InChI=1S/C44H46N4/c1-29(2)35-18-14-19-36(30(3)4)43(35)47-27-45(39-22-9-11-24-41(39)47)33-16-13-17-34(26-33)46-28-48(42-25-12-10-23-40(42)46)44-37(31(5)6)20-15-21-38(44)32(7)8/h9-26,29-32H,1-8H3. The first kappa shape index (κ1) is 31.6. The quantitative estimate of drug-likeness (QED) is 0.117. The molecule has 0 radical (unpaired) electrons. The molecule has 4 heteroatoms. The minimum atomic E-state index is 0.381. The van der Waals surface area contributed by atoms with Crippen LogP contribution in [0.3, 0.4) is 0 Å². The number of imidazole rings is 2. The van der Waals surface area contributed by atoms with E-state index in [4.69, 9.17) is 0 Å². The van der Waals surface area contributed by atoms with Crippen LogP contribution in [-0.2, 0) is 0 Å². The Labute approximate surface area is 285 Å². The van der Waals surface area contributed by atoms with Gasteiger partial charge in [-0.05, 0) is 52.0 Å². The van der Waals surface area contributed by atoms with Crippen LogP contribution in [0.4, 0.5) is 0 Å². The first-order chi connectivity index (χ1) is 23.2. The molecular formula is C44H46N4. The van der Waals surface area contributed by atoms with Gasteiger partial charge in [-0.2, -0.15) is 0 Å². The summed E-state index contributed by atoms with van der Waals surface area (Å²) >= 11 is 0. The predicted molar refractivity (Wildman–Crippen MR) is 197 cm³/mol. The van der Waals surface area contributed by atoms with Gasteiger partial charge >= 0.3 is 0 Å². The van der Waals surface area contributed by atoms with Gasteiger partial charge in [-0.15, -0.1) is 0 Å². The van der Waals surface area contributed by atoms with Crippen LogP contribution in [0.1, 0.15) is 101 Å².